The van der Waals surface area contributed by atoms with Crippen LogP contribution >= 0.6 is 12.4 Å². The molecule has 4 atom stereocenters. The molecule has 0 bridgehead atoms. The number of ether oxygens (including phenoxy) is 1. The Morgan fingerprint density at radius 3 is 2.92 bits per heavy atom. The standard InChI is InChI=1S/C18H28N4O2.ClH/c1-13(11-24-12-14-5-3-2-4-6-14)9-20-18(23)17-15-10-19-8-7-16(15)21-22-17;/h2-6,13,15-17,19,21-22H,7-12H2,1H3,(H,20,23);1H. The number of piperidine rings is 1. The van der Waals surface area contributed by atoms with Crippen LogP contribution in [-0.2, 0) is 16.1 Å². The molecule has 2 saturated heterocycles. The third kappa shape index (κ3) is 5.66. The average Bonchev–Trinajstić information content (AvgIpc) is 3.05. The third-order valence-electron chi connectivity index (χ3n) is 4.80. The van der Waals surface area contributed by atoms with Crippen LogP contribution in [0.5, 0.6) is 0 Å². The number of halogens is 1. The Labute approximate surface area is 155 Å². The second-order valence-corrected chi connectivity index (χ2v) is 6.88. The van der Waals surface area contributed by atoms with Gasteiger partial charge < -0.3 is 15.4 Å². The van der Waals surface area contributed by atoms with E-state index in [9.17, 15) is 4.79 Å². The van der Waals surface area contributed by atoms with Gasteiger partial charge in [0, 0.05) is 25.0 Å². The van der Waals surface area contributed by atoms with Gasteiger partial charge in [-0.1, -0.05) is 37.3 Å². The Bertz CT molecular complexity index is 531. The minimum absolute atomic E-state index is 0. The van der Waals surface area contributed by atoms with Crippen molar-refractivity contribution in [2.45, 2.75) is 32.0 Å². The normalized spacial score (nSPS) is 26.4. The first-order chi connectivity index (χ1) is 11.7. The molecule has 0 aliphatic carbocycles. The number of hydrogen-bond donors (Lipinski definition) is 4. The second kappa shape index (κ2) is 10.1. The van der Waals surface area contributed by atoms with Crippen LogP contribution in [0.25, 0.3) is 0 Å². The molecule has 4 unspecified atom stereocenters. The molecule has 0 aromatic heterocycles. The summed E-state index contributed by atoms with van der Waals surface area (Å²) >= 11 is 0. The summed E-state index contributed by atoms with van der Waals surface area (Å²) in [6.07, 6.45) is 1.06. The van der Waals surface area contributed by atoms with Crippen LogP contribution in [0.15, 0.2) is 30.3 Å². The molecule has 0 spiro atoms. The SMILES string of the molecule is CC(CNC(=O)C1NNC2CCNCC21)COCc1ccccc1.Cl. The van der Waals surface area contributed by atoms with Gasteiger partial charge in [-0.05, 0) is 24.4 Å². The van der Waals surface area contributed by atoms with Gasteiger partial charge in [-0.2, -0.15) is 0 Å². The van der Waals surface area contributed by atoms with Crippen LogP contribution in [0, 0.1) is 11.8 Å². The molecule has 1 aromatic carbocycles. The quantitative estimate of drug-likeness (QED) is 0.573. The first kappa shape index (κ1) is 20.1. The van der Waals surface area contributed by atoms with Crippen molar-refractivity contribution in [1.29, 1.82) is 0 Å². The van der Waals surface area contributed by atoms with Gasteiger partial charge in [0.15, 0.2) is 0 Å². The van der Waals surface area contributed by atoms with Crippen LogP contribution in [0.2, 0.25) is 0 Å². The smallest absolute Gasteiger partial charge is 0.238 e. The van der Waals surface area contributed by atoms with Crippen molar-refractivity contribution in [2.75, 3.05) is 26.2 Å². The van der Waals surface area contributed by atoms with Crippen LogP contribution in [0.4, 0.5) is 0 Å². The van der Waals surface area contributed by atoms with E-state index in [1.165, 1.54) is 5.56 Å². The predicted molar refractivity (Wildman–Crippen MR) is 100 cm³/mol. The number of hydrogen-bond acceptors (Lipinski definition) is 5. The Hall–Kier alpha value is -1.18. The van der Waals surface area contributed by atoms with Crippen molar-refractivity contribution >= 4 is 18.3 Å². The Kier molecular flexibility index (Phi) is 8.12. The second-order valence-electron chi connectivity index (χ2n) is 6.88. The number of carbonyl (C=O) groups excluding carboxylic acids is 1. The van der Waals surface area contributed by atoms with E-state index in [1.54, 1.807) is 0 Å². The number of carbonyl (C=O) groups is 1. The molecule has 6 nitrogen and oxygen atoms in total. The fourth-order valence-corrected chi connectivity index (χ4v) is 3.37. The Morgan fingerprint density at radius 1 is 1.32 bits per heavy atom. The number of hydrazine groups is 1. The predicted octanol–water partition coefficient (Wildman–Crippen LogP) is 0.832. The first-order valence-corrected chi connectivity index (χ1v) is 8.85. The molecule has 140 valence electrons. The van der Waals surface area contributed by atoms with E-state index in [-0.39, 0.29) is 30.3 Å². The largest absolute Gasteiger partial charge is 0.376 e. The molecule has 2 heterocycles. The highest BCUT2D eigenvalue weighted by Gasteiger charge is 2.40. The van der Waals surface area contributed by atoms with Gasteiger partial charge in [0.05, 0.1) is 13.2 Å². The highest BCUT2D eigenvalue weighted by molar-refractivity contribution is 5.85. The fraction of sp³-hybridized carbons (Fsp3) is 0.611. The molecule has 0 radical (unpaired) electrons. The van der Waals surface area contributed by atoms with Gasteiger partial charge in [-0.15, -0.1) is 12.4 Å². The summed E-state index contributed by atoms with van der Waals surface area (Å²) in [6, 6.07) is 10.4. The minimum atomic E-state index is -0.153. The molecular formula is C18H29ClN4O2. The molecule has 2 fully saturated rings. The molecule has 4 N–H and O–H groups in total. The summed E-state index contributed by atoms with van der Waals surface area (Å²) in [6.45, 7) is 5.88. The number of amides is 1. The molecule has 3 rings (SSSR count). The highest BCUT2D eigenvalue weighted by atomic mass is 35.5. The van der Waals surface area contributed by atoms with Crippen molar-refractivity contribution in [3.8, 4) is 0 Å². The van der Waals surface area contributed by atoms with Crippen molar-refractivity contribution in [3.05, 3.63) is 35.9 Å². The maximum atomic E-state index is 12.4. The molecule has 0 saturated carbocycles. The number of benzene rings is 1. The summed E-state index contributed by atoms with van der Waals surface area (Å²) < 4.78 is 5.74. The summed E-state index contributed by atoms with van der Waals surface area (Å²) in [5.41, 5.74) is 7.58. The number of fused-ring (bicyclic) bond motifs is 1. The molecule has 2 aliphatic heterocycles. The zero-order chi connectivity index (χ0) is 16.8. The lowest BCUT2D eigenvalue weighted by atomic mass is 9.89. The van der Waals surface area contributed by atoms with Gasteiger partial charge in [-0.25, -0.2) is 5.43 Å². The maximum absolute atomic E-state index is 12.4. The monoisotopic (exact) mass is 368 g/mol. The van der Waals surface area contributed by atoms with E-state index >= 15 is 0 Å². The first-order valence-electron chi connectivity index (χ1n) is 8.85. The molecule has 7 heteroatoms. The molecule has 25 heavy (non-hydrogen) atoms. The Balaban J connectivity index is 0.00000225. The number of rotatable bonds is 7. The Morgan fingerprint density at radius 2 is 2.12 bits per heavy atom. The van der Waals surface area contributed by atoms with E-state index < -0.39 is 0 Å². The highest BCUT2D eigenvalue weighted by Crippen LogP contribution is 2.20. The van der Waals surface area contributed by atoms with E-state index in [1.807, 2.05) is 18.2 Å². The van der Waals surface area contributed by atoms with Gasteiger partial charge in [0.25, 0.3) is 0 Å². The van der Waals surface area contributed by atoms with Crippen molar-refractivity contribution < 1.29 is 9.53 Å². The molecule has 1 aromatic rings. The third-order valence-corrected chi connectivity index (χ3v) is 4.80. The lowest BCUT2D eigenvalue weighted by molar-refractivity contribution is -0.124. The molecule has 2 aliphatic rings. The van der Waals surface area contributed by atoms with Crippen LogP contribution in [0.1, 0.15) is 18.9 Å². The van der Waals surface area contributed by atoms with E-state index in [4.69, 9.17) is 4.74 Å². The summed E-state index contributed by atoms with van der Waals surface area (Å²) in [5.74, 6) is 0.685. The average molecular weight is 369 g/mol. The van der Waals surface area contributed by atoms with E-state index in [0.29, 0.717) is 31.7 Å². The van der Waals surface area contributed by atoms with Gasteiger partial charge in [0.2, 0.25) is 5.91 Å². The van der Waals surface area contributed by atoms with Crippen LogP contribution < -0.4 is 21.5 Å². The lowest BCUT2D eigenvalue weighted by Crippen LogP contribution is -2.50. The van der Waals surface area contributed by atoms with Crippen LogP contribution in [0.3, 0.4) is 0 Å². The maximum Gasteiger partial charge on any atom is 0.238 e. The van der Waals surface area contributed by atoms with Crippen molar-refractivity contribution in [1.82, 2.24) is 21.5 Å². The van der Waals surface area contributed by atoms with Gasteiger partial charge in [0.1, 0.15) is 6.04 Å². The number of nitrogens with one attached hydrogen (secondary N) is 4. The zero-order valence-corrected chi connectivity index (χ0v) is 15.5. The van der Waals surface area contributed by atoms with E-state index in [0.717, 1.165) is 19.5 Å². The van der Waals surface area contributed by atoms with Crippen molar-refractivity contribution in [2.24, 2.45) is 11.8 Å². The van der Waals surface area contributed by atoms with Crippen LogP contribution in [-0.4, -0.2) is 44.2 Å². The lowest BCUT2D eigenvalue weighted by Gasteiger charge is -2.27. The topological polar surface area (TPSA) is 74.4 Å². The molecular weight excluding hydrogens is 340 g/mol. The fourth-order valence-electron chi connectivity index (χ4n) is 3.37. The van der Waals surface area contributed by atoms with E-state index in [2.05, 4.69) is 40.5 Å². The summed E-state index contributed by atoms with van der Waals surface area (Å²) in [5, 5.41) is 6.43. The van der Waals surface area contributed by atoms with Crippen molar-refractivity contribution in [3.63, 3.8) is 0 Å². The van der Waals surface area contributed by atoms with Gasteiger partial charge in [-0.3, -0.25) is 10.2 Å². The van der Waals surface area contributed by atoms with Gasteiger partial charge >= 0.3 is 0 Å². The minimum Gasteiger partial charge on any atom is -0.376 e. The molecule has 1 amide bonds. The summed E-state index contributed by atoms with van der Waals surface area (Å²) in [4.78, 5) is 12.4. The zero-order valence-electron chi connectivity index (χ0n) is 14.7. The summed E-state index contributed by atoms with van der Waals surface area (Å²) in [7, 11) is 0.